The number of aliphatic hydroxyl groups excluding tert-OH is 1. The Morgan fingerprint density at radius 1 is 0.903 bits per heavy atom. The van der Waals surface area contributed by atoms with Crippen molar-refractivity contribution in [2.45, 2.75) is 112 Å². The van der Waals surface area contributed by atoms with E-state index in [-0.39, 0.29) is 11.5 Å². The highest BCUT2D eigenvalue weighted by atomic mass is 16.3. The van der Waals surface area contributed by atoms with Gasteiger partial charge in [0.25, 0.3) is 0 Å². The molecule has 1 heteroatoms. The van der Waals surface area contributed by atoms with Gasteiger partial charge in [0, 0.05) is 0 Å². The maximum absolute atomic E-state index is 10.9. The van der Waals surface area contributed by atoms with Crippen LogP contribution in [0.4, 0.5) is 0 Å². The molecule has 0 radical (unpaired) electrons. The van der Waals surface area contributed by atoms with Gasteiger partial charge in [-0.15, -0.1) is 0 Å². The molecule has 174 valence electrons. The highest BCUT2D eigenvalue weighted by Gasteiger charge is 2.67. The van der Waals surface area contributed by atoms with E-state index in [1.165, 1.54) is 56.9 Å². The highest BCUT2D eigenvalue weighted by Crippen LogP contribution is 2.75. The molecule has 0 aromatic carbocycles. The van der Waals surface area contributed by atoms with Crippen LogP contribution in [0.1, 0.15) is 106 Å². The second-order valence-corrected chi connectivity index (χ2v) is 14.2. The first-order chi connectivity index (χ1) is 14.3. The van der Waals surface area contributed by atoms with Gasteiger partial charge >= 0.3 is 0 Å². The Kier molecular flexibility index (Phi) is 4.68. The van der Waals surface area contributed by atoms with Gasteiger partial charge in [-0.1, -0.05) is 72.3 Å². The minimum Gasteiger partial charge on any atom is -0.393 e. The van der Waals surface area contributed by atoms with Crippen LogP contribution in [0.15, 0.2) is 23.8 Å². The molecule has 0 aromatic rings. The van der Waals surface area contributed by atoms with E-state index >= 15 is 0 Å². The Labute approximate surface area is 192 Å². The molecule has 0 saturated heterocycles. The van der Waals surface area contributed by atoms with E-state index in [9.17, 15) is 5.11 Å². The van der Waals surface area contributed by atoms with Crippen molar-refractivity contribution >= 4 is 0 Å². The molecule has 5 rings (SSSR count). The lowest BCUT2D eigenvalue weighted by Gasteiger charge is -2.71. The maximum Gasteiger partial charge on any atom is 0.0594 e. The van der Waals surface area contributed by atoms with Crippen LogP contribution in [0.25, 0.3) is 0 Å². The number of aliphatic hydroxyl groups is 1. The van der Waals surface area contributed by atoms with Gasteiger partial charge in [0.15, 0.2) is 0 Å². The summed E-state index contributed by atoms with van der Waals surface area (Å²) in [6.07, 6.45) is 14.0. The fraction of sp³-hybridized carbons (Fsp3) is 0.867. The lowest BCUT2D eigenvalue weighted by atomic mass is 9.33. The minimum atomic E-state index is -0.135. The van der Waals surface area contributed by atoms with Crippen LogP contribution in [-0.2, 0) is 0 Å². The zero-order chi connectivity index (χ0) is 22.6. The third kappa shape index (κ3) is 2.59. The zero-order valence-electron chi connectivity index (χ0n) is 21.5. The predicted molar refractivity (Wildman–Crippen MR) is 131 cm³/mol. The lowest BCUT2D eigenvalue weighted by Crippen LogP contribution is -2.64. The van der Waals surface area contributed by atoms with Crippen molar-refractivity contribution in [3.8, 4) is 0 Å². The topological polar surface area (TPSA) is 20.2 Å². The lowest BCUT2D eigenvalue weighted by molar-refractivity contribution is -0.202. The number of fused-ring (bicyclic) bond motifs is 7. The van der Waals surface area contributed by atoms with Crippen molar-refractivity contribution in [2.75, 3.05) is 0 Å². The Hall–Kier alpha value is -0.560. The summed E-state index contributed by atoms with van der Waals surface area (Å²) in [5.74, 6) is 2.70. The average molecular weight is 425 g/mol. The first-order valence-electron chi connectivity index (χ1n) is 13.4. The van der Waals surface area contributed by atoms with Crippen LogP contribution in [0, 0.1) is 50.7 Å². The van der Waals surface area contributed by atoms with Crippen molar-refractivity contribution in [1.29, 1.82) is 0 Å². The average Bonchev–Trinajstić information content (AvgIpc) is 2.69. The molecule has 0 heterocycles. The van der Waals surface area contributed by atoms with Crippen LogP contribution in [0.5, 0.6) is 0 Å². The summed E-state index contributed by atoms with van der Waals surface area (Å²) in [4.78, 5) is 0. The van der Waals surface area contributed by atoms with E-state index in [0.29, 0.717) is 39.4 Å². The summed E-state index contributed by atoms with van der Waals surface area (Å²) in [7, 11) is 0. The van der Waals surface area contributed by atoms with Crippen LogP contribution in [0.2, 0.25) is 0 Å². The molecule has 5 aliphatic carbocycles. The molecule has 1 N–H and O–H groups in total. The molecule has 0 bridgehead atoms. The van der Waals surface area contributed by atoms with E-state index in [1.807, 2.05) is 5.57 Å². The van der Waals surface area contributed by atoms with Gasteiger partial charge in [-0.3, -0.25) is 0 Å². The summed E-state index contributed by atoms with van der Waals surface area (Å²) in [6.45, 7) is 22.3. The number of hydrogen-bond donors (Lipinski definition) is 1. The second kappa shape index (κ2) is 6.52. The molecule has 0 aromatic heterocycles. The van der Waals surface area contributed by atoms with Crippen LogP contribution < -0.4 is 0 Å². The summed E-state index contributed by atoms with van der Waals surface area (Å²) in [5, 5.41) is 10.9. The van der Waals surface area contributed by atoms with Crippen molar-refractivity contribution < 1.29 is 5.11 Å². The van der Waals surface area contributed by atoms with E-state index < -0.39 is 0 Å². The van der Waals surface area contributed by atoms with Crippen LogP contribution in [0.3, 0.4) is 0 Å². The normalized spacial score (nSPS) is 55.9. The summed E-state index contributed by atoms with van der Waals surface area (Å²) in [6, 6.07) is 0. The van der Waals surface area contributed by atoms with Crippen molar-refractivity contribution in [1.82, 2.24) is 0 Å². The zero-order valence-corrected chi connectivity index (χ0v) is 21.5. The SMILES string of the molecule is C=C1CCC2(C)CCC3(C)C(=CCC4C5(C)CCC(O)C(C)(C)C5CCC43C)C2C1C. The van der Waals surface area contributed by atoms with Crippen molar-refractivity contribution in [2.24, 2.45) is 50.7 Å². The molecular weight excluding hydrogens is 376 g/mol. The Balaban J connectivity index is 1.60. The molecule has 4 fully saturated rings. The minimum absolute atomic E-state index is 0.0417. The highest BCUT2D eigenvalue weighted by molar-refractivity contribution is 5.35. The van der Waals surface area contributed by atoms with E-state index in [4.69, 9.17) is 0 Å². The van der Waals surface area contributed by atoms with Crippen molar-refractivity contribution in [3.05, 3.63) is 23.8 Å². The van der Waals surface area contributed by atoms with Crippen LogP contribution in [-0.4, -0.2) is 11.2 Å². The fourth-order valence-electron chi connectivity index (χ4n) is 10.6. The van der Waals surface area contributed by atoms with E-state index in [1.54, 1.807) is 0 Å². The predicted octanol–water partition coefficient (Wildman–Crippen LogP) is 7.94. The Bertz CT molecular complexity index is 820. The molecule has 0 amide bonds. The monoisotopic (exact) mass is 424 g/mol. The smallest absolute Gasteiger partial charge is 0.0594 e. The van der Waals surface area contributed by atoms with Gasteiger partial charge < -0.3 is 5.11 Å². The van der Waals surface area contributed by atoms with Gasteiger partial charge in [0.2, 0.25) is 0 Å². The molecule has 0 spiro atoms. The molecule has 5 aliphatic rings. The summed E-state index contributed by atoms with van der Waals surface area (Å²) < 4.78 is 0. The Morgan fingerprint density at radius 2 is 1.61 bits per heavy atom. The first kappa shape index (κ1) is 22.2. The van der Waals surface area contributed by atoms with E-state index in [0.717, 1.165) is 12.3 Å². The molecule has 4 saturated carbocycles. The number of hydrogen-bond acceptors (Lipinski definition) is 1. The van der Waals surface area contributed by atoms with Gasteiger partial charge in [0.05, 0.1) is 6.10 Å². The third-order valence-electron chi connectivity index (χ3n) is 12.9. The van der Waals surface area contributed by atoms with E-state index in [2.05, 4.69) is 61.1 Å². The Morgan fingerprint density at radius 3 is 2.32 bits per heavy atom. The quantitative estimate of drug-likeness (QED) is 0.391. The largest absolute Gasteiger partial charge is 0.393 e. The number of rotatable bonds is 0. The fourth-order valence-corrected chi connectivity index (χ4v) is 10.6. The van der Waals surface area contributed by atoms with Crippen LogP contribution >= 0.6 is 0 Å². The number of allylic oxidation sites excluding steroid dienone is 3. The molecule has 9 atom stereocenters. The maximum atomic E-state index is 10.9. The van der Waals surface area contributed by atoms with Gasteiger partial charge in [-0.05, 0) is 109 Å². The summed E-state index contributed by atoms with van der Waals surface area (Å²) >= 11 is 0. The third-order valence-corrected chi connectivity index (χ3v) is 12.9. The van der Waals surface area contributed by atoms with Gasteiger partial charge in [0.1, 0.15) is 0 Å². The molecule has 0 aliphatic heterocycles. The second-order valence-electron chi connectivity index (χ2n) is 14.2. The van der Waals surface area contributed by atoms with Gasteiger partial charge in [-0.25, -0.2) is 0 Å². The first-order valence-corrected chi connectivity index (χ1v) is 13.4. The van der Waals surface area contributed by atoms with Crippen molar-refractivity contribution in [3.63, 3.8) is 0 Å². The van der Waals surface area contributed by atoms with Gasteiger partial charge in [-0.2, -0.15) is 0 Å². The summed E-state index contributed by atoms with van der Waals surface area (Å²) in [5.41, 5.74) is 4.88. The standard InChI is InChI=1S/C30H48O/c1-19-11-14-27(5)17-18-29(7)21(25(27)20(19)2)9-10-23-28(6)15-13-24(31)26(3,4)22(28)12-16-30(23,29)8/h9,20,22-25,31H,1,10-18H2,2-8H3. The molecule has 1 nitrogen and oxygen atoms in total. The molecule has 9 unspecified atom stereocenters. The molecule has 31 heavy (non-hydrogen) atoms. The molecular formula is C30H48O.